The maximum Gasteiger partial charge on any atom is 0.272 e. The highest BCUT2D eigenvalue weighted by molar-refractivity contribution is 5.45. The lowest BCUT2D eigenvalue weighted by Gasteiger charge is -2.19. The van der Waals surface area contributed by atoms with Crippen molar-refractivity contribution in [1.29, 1.82) is 0 Å². The predicted octanol–water partition coefficient (Wildman–Crippen LogP) is 3.16. The Morgan fingerprint density at radius 1 is 1.17 bits per heavy atom. The van der Waals surface area contributed by atoms with E-state index in [0.29, 0.717) is 18.5 Å². The molecule has 0 aliphatic heterocycles. The zero-order valence-electron chi connectivity index (χ0n) is 13.4. The third-order valence-electron chi connectivity index (χ3n) is 3.98. The molecular weight excluding hydrogens is 292 g/mol. The zero-order chi connectivity index (χ0) is 16.8. The van der Waals surface area contributed by atoms with Gasteiger partial charge in [-0.25, -0.2) is 0 Å². The Morgan fingerprint density at radius 3 is 2.52 bits per heavy atom. The van der Waals surface area contributed by atoms with Crippen LogP contribution >= 0.6 is 0 Å². The second kappa shape index (κ2) is 7.85. The molecule has 0 aromatic heterocycles. The van der Waals surface area contributed by atoms with Gasteiger partial charge < -0.3 is 10.4 Å². The fourth-order valence-electron chi connectivity index (χ4n) is 2.69. The average molecular weight is 314 g/mol. The van der Waals surface area contributed by atoms with Crippen LogP contribution < -0.4 is 5.32 Å². The quantitative estimate of drug-likeness (QED) is 0.608. The second-order valence-electron chi connectivity index (χ2n) is 5.72. The van der Waals surface area contributed by atoms with E-state index >= 15 is 0 Å². The molecule has 2 atom stereocenters. The van der Waals surface area contributed by atoms with Crippen LogP contribution in [-0.4, -0.2) is 22.7 Å². The highest BCUT2D eigenvalue weighted by Gasteiger charge is 2.17. The third kappa shape index (κ3) is 4.61. The van der Waals surface area contributed by atoms with Crippen LogP contribution in [0.5, 0.6) is 0 Å². The first kappa shape index (κ1) is 17.1. The Balaban J connectivity index is 1.96. The number of aliphatic hydroxyl groups is 1. The van der Waals surface area contributed by atoms with Crippen LogP contribution in [0.1, 0.15) is 29.7 Å². The summed E-state index contributed by atoms with van der Waals surface area (Å²) in [6.45, 7) is 4.13. The first-order valence-corrected chi connectivity index (χ1v) is 7.68. The molecule has 5 heteroatoms. The van der Waals surface area contributed by atoms with E-state index in [0.717, 1.165) is 11.1 Å². The molecule has 0 saturated carbocycles. The molecule has 0 heterocycles. The SMILES string of the molecule is Cc1c(C(C)NCC(O)Cc2ccccc2)cccc1[N+](=O)[O-]. The van der Waals surface area contributed by atoms with Crippen LogP contribution in [0.3, 0.4) is 0 Å². The Morgan fingerprint density at radius 2 is 1.87 bits per heavy atom. The van der Waals surface area contributed by atoms with E-state index in [2.05, 4.69) is 5.32 Å². The predicted molar refractivity (Wildman–Crippen MR) is 90.4 cm³/mol. The van der Waals surface area contributed by atoms with Crippen LogP contribution in [-0.2, 0) is 6.42 Å². The van der Waals surface area contributed by atoms with Crippen molar-refractivity contribution in [3.8, 4) is 0 Å². The summed E-state index contributed by atoms with van der Waals surface area (Å²) in [6, 6.07) is 14.8. The van der Waals surface area contributed by atoms with Crippen molar-refractivity contribution in [2.45, 2.75) is 32.4 Å². The van der Waals surface area contributed by atoms with Gasteiger partial charge in [0.05, 0.1) is 11.0 Å². The van der Waals surface area contributed by atoms with Gasteiger partial charge in [-0.05, 0) is 31.4 Å². The zero-order valence-corrected chi connectivity index (χ0v) is 13.4. The molecule has 0 saturated heterocycles. The summed E-state index contributed by atoms with van der Waals surface area (Å²) < 4.78 is 0. The molecule has 0 amide bonds. The van der Waals surface area contributed by atoms with E-state index < -0.39 is 6.10 Å². The van der Waals surface area contributed by atoms with E-state index in [-0.39, 0.29) is 16.7 Å². The Hall–Kier alpha value is -2.24. The second-order valence-corrected chi connectivity index (χ2v) is 5.72. The number of rotatable bonds is 7. The highest BCUT2D eigenvalue weighted by atomic mass is 16.6. The molecule has 0 aliphatic rings. The first-order chi connectivity index (χ1) is 11.0. The number of hydrogen-bond acceptors (Lipinski definition) is 4. The number of nitrogens with one attached hydrogen (secondary N) is 1. The summed E-state index contributed by atoms with van der Waals surface area (Å²) >= 11 is 0. The lowest BCUT2D eigenvalue weighted by molar-refractivity contribution is -0.385. The molecule has 0 spiro atoms. The molecule has 122 valence electrons. The van der Waals surface area contributed by atoms with Crippen molar-refractivity contribution in [3.05, 3.63) is 75.3 Å². The lowest BCUT2D eigenvalue weighted by Crippen LogP contribution is -2.30. The van der Waals surface area contributed by atoms with Crippen molar-refractivity contribution >= 4 is 5.69 Å². The smallest absolute Gasteiger partial charge is 0.272 e. The van der Waals surface area contributed by atoms with Crippen molar-refractivity contribution < 1.29 is 10.0 Å². The van der Waals surface area contributed by atoms with Gasteiger partial charge >= 0.3 is 0 Å². The van der Waals surface area contributed by atoms with E-state index in [1.807, 2.05) is 43.3 Å². The molecule has 0 fully saturated rings. The summed E-state index contributed by atoms with van der Waals surface area (Å²) in [5.74, 6) is 0. The minimum atomic E-state index is -0.501. The Kier molecular flexibility index (Phi) is 5.84. The molecule has 2 N–H and O–H groups in total. The molecule has 2 rings (SSSR count). The molecule has 23 heavy (non-hydrogen) atoms. The fraction of sp³-hybridized carbons (Fsp3) is 0.333. The summed E-state index contributed by atoms with van der Waals surface area (Å²) in [5.41, 5.74) is 2.75. The number of nitrogens with zero attached hydrogens (tertiary/aromatic N) is 1. The molecule has 2 aromatic carbocycles. The van der Waals surface area contributed by atoms with Gasteiger partial charge in [0.25, 0.3) is 5.69 Å². The van der Waals surface area contributed by atoms with Gasteiger partial charge in [0.2, 0.25) is 0 Å². The minimum absolute atomic E-state index is 0.0691. The average Bonchev–Trinajstić information content (AvgIpc) is 2.53. The van der Waals surface area contributed by atoms with Gasteiger partial charge in [0.1, 0.15) is 0 Å². The van der Waals surface area contributed by atoms with Crippen LogP contribution in [0, 0.1) is 17.0 Å². The summed E-state index contributed by atoms with van der Waals surface area (Å²) in [7, 11) is 0. The van der Waals surface area contributed by atoms with Gasteiger partial charge in [-0.3, -0.25) is 10.1 Å². The normalized spacial score (nSPS) is 13.5. The van der Waals surface area contributed by atoms with Crippen LogP contribution in [0.2, 0.25) is 0 Å². The molecule has 2 unspecified atom stereocenters. The number of nitro benzene ring substituents is 1. The van der Waals surface area contributed by atoms with Crippen LogP contribution in [0.25, 0.3) is 0 Å². The van der Waals surface area contributed by atoms with E-state index in [1.54, 1.807) is 13.0 Å². The number of nitro groups is 1. The summed E-state index contributed by atoms with van der Waals surface area (Å²) in [4.78, 5) is 10.6. The monoisotopic (exact) mass is 314 g/mol. The summed E-state index contributed by atoms with van der Waals surface area (Å²) in [5, 5.41) is 24.4. The van der Waals surface area contributed by atoms with Crippen molar-refractivity contribution in [3.63, 3.8) is 0 Å². The fourth-order valence-corrected chi connectivity index (χ4v) is 2.69. The maximum atomic E-state index is 11.0. The van der Waals surface area contributed by atoms with Crippen molar-refractivity contribution in [1.82, 2.24) is 5.32 Å². The molecule has 0 radical (unpaired) electrons. The van der Waals surface area contributed by atoms with Gasteiger partial charge in [0, 0.05) is 24.2 Å². The molecule has 5 nitrogen and oxygen atoms in total. The molecular formula is C18H22N2O3. The standard InChI is InChI=1S/C18H22N2O3/c1-13-17(9-6-10-18(13)20(22)23)14(2)19-12-16(21)11-15-7-4-3-5-8-15/h3-10,14,16,19,21H,11-12H2,1-2H3. The Bertz CT molecular complexity index is 659. The number of aliphatic hydroxyl groups excluding tert-OH is 1. The molecule has 0 bridgehead atoms. The minimum Gasteiger partial charge on any atom is -0.391 e. The molecule has 0 aliphatic carbocycles. The highest BCUT2D eigenvalue weighted by Crippen LogP contribution is 2.25. The first-order valence-electron chi connectivity index (χ1n) is 7.68. The Labute approximate surface area is 136 Å². The third-order valence-corrected chi connectivity index (χ3v) is 3.98. The van der Waals surface area contributed by atoms with Gasteiger partial charge in [-0.1, -0.05) is 42.5 Å². The van der Waals surface area contributed by atoms with E-state index in [4.69, 9.17) is 0 Å². The van der Waals surface area contributed by atoms with Crippen molar-refractivity contribution in [2.75, 3.05) is 6.54 Å². The summed E-state index contributed by atoms with van der Waals surface area (Å²) in [6.07, 6.45) is 0.0768. The topological polar surface area (TPSA) is 75.4 Å². The van der Waals surface area contributed by atoms with Crippen LogP contribution in [0.4, 0.5) is 5.69 Å². The van der Waals surface area contributed by atoms with Crippen molar-refractivity contribution in [2.24, 2.45) is 0 Å². The number of benzene rings is 2. The van der Waals surface area contributed by atoms with Crippen LogP contribution in [0.15, 0.2) is 48.5 Å². The van der Waals surface area contributed by atoms with Gasteiger partial charge in [-0.15, -0.1) is 0 Å². The maximum absolute atomic E-state index is 11.0. The largest absolute Gasteiger partial charge is 0.391 e. The van der Waals surface area contributed by atoms with E-state index in [1.165, 1.54) is 6.07 Å². The van der Waals surface area contributed by atoms with Gasteiger partial charge in [-0.2, -0.15) is 0 Å². The van der Waals surface area contributed by atoms with E-state index in [9.17, 15) is 15.2 Å². The molecule has 2 aromatic rings. The number of hydrogen-bond donors (Lipinski definition) is 2. The lowest BCUT2D eigenvalue weighted by atomic mass is 10.0. The van der Waals surface area contributed by atoms with Gasteiger partial charge in [0.15, 0.2) is 0 Å².